The van der Waals surface area contributed by atoms with E-state index in [0.29, 0.717) is 6.61 Å². The van der Waals surface area contributed by atoms with Gasteiger partial charge in [-0.15, -0.1) is 0 Å². The van der Waals surface area contributed by atoms with Crippen molar-refractivity contribution in [2.45, 2.75) is 18.9 Å². The Morgan fingerprint density at radius 1 is 1.64 bits per heavy atom. The van der Waals surface area contributed by atoms with Crippen molar-refractivity contribution in [2.24, 2.45) is 0 Å². The molecule has 5 heteroatoms. The Kier molecular flexibility index (Phi) is 3.17. The summed E-state index contributed by atoms with van der Waals surface area (Å²) in [5, 5.41) is 4.12. The Bertz CT molecular complexity index is 371. The molecule has 0 N–H and O–H groups in total. The van der Waals surface area contributed by atoms with Gasteiger partial charge in [0, 0.05) is 16.2 Å². The molecule has 0 aliphatic carbocycles. The summed E-state index contributed by atoms with van der Waals surface area (Å²) >= 11 is 2.09. The molecular formula is C9H11IN2O2. The normalized spacial score (nSPS) is 22.2. The number of nitrogens with zero attached hydrogens (tertiary/aromatic N) is 2. The monoisotopic (exact) mass is 306 g/mol. The van der Waals surface area contributed by atoms with E-state index in [1.807, 2.05) is 0 Å². The van der Waals surface area contributed by atoms with E-state index in [2.05, 4.69) is 27.7 Å². The molecule has 1 atom stereocenters. The highest BCUT2D eigenvalue weighted by atomic mass is 127. The average molecular weight is 306 g/mol. The van der Waals surface area contributed by atoms with Gasteiger partial charge in [0.1, 0.15) is 0 Å². The molecule has 4 nitrogen and oxygen atoms in total. The molecule has 0 radical (unpaired) electrons. The van der Waals surface area contributed by atoms with Gasteiger partial charge in [0.25, 0.3) is 5.56 Å². The van der Waals surface area contributed by atoms with Crippen LogP contribution in [-0.2, 0) is 4.74 Å². The van der Waals surface area contributed by atoms with Crippen molar-refractivity contribution in [3.63, 3.8) is 0 Å². The predicted octanol–water partition coefficient (Wildman–Crippen LogP) is 1.20. The van der Waals surface area contributed by atoms with Crippen LogP contribution in [0.5, 0.6) is 0 Å². The molecule has 1 saturated heterocycles. The summed E-state index contributed by atoms with van der Waals surface area (Å²) < 4.78 is 7.72. The van der Waals surface area contributed by atoms with Crippen LogP contribution in [0.4, 0.5) is 0 Å². The molecule has 1 aromatic rings. The van der Waals surface area contributed by atoms with Crippen molar-refractivity contribution in [1.82, 2.24) is 9.78 Å². The van der Waals surface area contributed by atoms with E-state index in [0.717, 1.165) is 23.0 Å². The molecule has 0 bridgehead atoms. The first-order chi connectivity index (χ1) is 6.77. The van der Waals surface area contributed by atoms with Crippen LogP contribution in [-0.4, -0.2) is 23.0 Å². The molecule has 1 aromatic heterocycles. The maximum absolute atomic E-state index is 11.6. The van der Waals surface area contributed by atoms with E-state index in [-0.39, 0.29) is 11.6 Å². The zero-order chi connectivity index (χ0) is 9.97. The largest absolute Gasteiger partial charge is 0.379 e. The maximum Gasteiger partial charge on any atom is 0.268 e. The molecule has 14 heavy (non-hydrogen) atoms. The number of hydrogen-bond donors (Lipinski definition) is 0. The average Bonchev–Trinajstić information content (AvgIpc) is 2.19. The van der Waals surface area contributed by atoms with E-state index in [1.54, 1.807) is 12.3 Å². The van der Waals surface area contributed by atoms with Crippen molar-refractivity contribution in [3.05, 3.63) is 26.2 Å². The third-order valence-electron chi connectivity index (χ3n) is 2.27. The summed E-state index contributed by atoms with van der Waals surface area (Å²) in [5.74, 6) is 0. The summed E-state index contributed by atoms with van der Waals surface area (Å²) in [4.78, 5) is 11.6. The molecule has 1 aliphatic heterocycles. The van der Waals surface area contributed by atoms with Crippen LogP contribution < -0.4 is 5.56 Å². The Balaban J connectivity index is 2.26. The van der Waals surface area contributed by atoms with Gasteiger partial charge in [-0.3, -0.25) is 4.79 Å². The first-order valence-corrected chi connectivity index (χ1v) is 5.67. The molecule has 1 aliphatic rings. The minimum Gasteiger partial charge on any atom is -0.379 e. The van der Waals surface area contributed by atoms with E-state index in [4.69, 9.17) is 4.74 Å². The van der Waals surface area contributed by atoms with Crippen molar-refractivity contribution in [1.29, 1.82) is 0 Å². The Hall–Kier alpha value is -0.430. The summed E-state index contributed by atoms with van der Waals surface area (Å²) in [6, 6.07) is 1.72. The zero-order valence-electron chi connectivity index (χ0n) is 7.65. The minimum absolute atomic E-state index is 0.0348. The number of ether oxygens (including phenoxy) is 1. The molecule has 76 valence electrons. The Morgan fingerprint density at radius 2 is 2.50 bits per heavy atom. The first kappa shape index (κ1) is 10.1. The third kappa shape index (κ3) is 2.14. The summed E-state index contributed by atoms with van der Waals surface area (Å²) in [6.07, 6.45) is 3.69. The number of hydrogen-bond acceptors (Lipinski definition) is 3. The fourth-order valence-electron chi connectivity index (χ4n) is 1.59. The second-order valence-electron chi connectivity index (χ2n) is 3.33. The van der Waals surface area contributed by atoms with E-state index in [9.17, 15) is 4.79 Å². The fraction of sp³-hybridized carbons (Fsp3) is 0.556. The lowest BCUT2D eigenvalue weighted by Crippen LogP contribution is -2.32. The van der Waals surface area contributed by atoms with Crippen LogP contribution in [0, 0.1) is 3.57 Å². The number of rotatable bonds is 1. The van der Waals surface area contributed by atoms with Crippen LogP contribution in [0.25, 0.3) is 0 Å². The third-order valence-corrected chi connectivity index (χ3v) is 2.86. The lowest BCUT2D eigenvalue weighted by molar-refractivity contribution is 0.0531. The van der Waals surface area contributed by atoms with Crippen LogP contribution in [0.2, 0.25) is 0 Å². The molecule has 1 unspecified atom stereocenters. The molecule has 0 amide bonds. The minimum atomic E-state index is -0.0348. The fourth-order valence-corrected chi connectivity index (χ4v) is 1.98. The summed E-state index contributed by atoms with van der Waals surface area (Å²) in [5.41, 5.74) is -0.0348. The topological polar surface area (TPSA) is 44.1 Å². The van der Waals surface area contributed by atoms with Gasteiger partial charge in [-0.2, -0.15) is 5.10 Å². The predicted molar refractivity (Wildman–Crippen MR) is 60.3 cm³/mol. The van der Waals surface area contributed by atoms with Crippen molar-refractivity contribution in [2.75, 3.05) is 13.2 Å². The lowest BCUT2D eigenvalue weighted by atomic mass is 10.1. The van der Waals surface area contributed by atoms with Crippen molar-refractivity contribution < 1.29 is 4.74 Å². The molecule has 1 fully saturated rings. The van der Waals surface area contributed by atoms with Gasteiger partial charge in [0.15, 0.2) is 0 Å². The van der Waals surface area contributed by atoms with E-state index in [1.165, 1.54) is 4.68 Å². The SMILES string of the molecule is O=c1cc(I)cnn1C1CCCOC1. The van der Waals surface area contributed by atoms with Crippen LogP contribution in [0.1, 0.15) is 18.9 Å². The molecule has 2 rings (SSSR count). The molecule has 0 aromatic carbocycles. The maximum atomic E-state index is 11.6. The number of halogens is 1. The second-order valence-corrected chi connectivity index (χ2v) is 4.57. The quantitative estimate of drug-likeness (QED) is 0.732. The Labute approximate surface area is 95.4 Å². The van der Waals surface area contributed by atoms with Gasteiger partial charge in [-0.25, -0.2) is 4.68 Å². The first-order valence-electron chi connectivity index (χ1n) is 4.59. The standard InChI is InChI=1S/C9H11IN2O2/c10-7-4-9(13)12(11-5-7)8-2-1-3-14-6-8/h4-5,8H,1-3,6H2. The highest BCUT2D eigenvalue weighted by Gasteiger charge is 2.17. The lowest BCUT2D eigenvalue weighted by Gasteiger charge is -2.22. The highest BCUT2D eigenvalue weighted by molar-refractivity contribution is 14.1. The zero-order valence-corrected chi connectivity index (χ0v) is 9.81. The second kappa shape index (κ2) is 4.39. The van der Waals surface area contributed by atoms with E-state index < -0.39 is 0 Å². The molecule has 0 saturated carbocycles. The van der Waals surface area contributed by atoms with E-state index >= 15 is 0 Å². The Morgan fingerprint density at radius 3 is 3.14 bits per heavy atom. The van der Waals surface area contributed by atoms with Gasteiger partial charge >= 0.3 is 0 Å². The smallest absolute Gasteiger partial charge is 0.268 e. The van der Waals surface area contributed by atoms with Crippen LogP contribution in [0.15, 0.2) is 17.1 Å². The highest BCUT2D eigenvalue weighted by Crippen LogP contribution is 2.16. The van der Waals surface area contributed by atoms with Crippen molar-refractivity contribution in [3.8, 4) is 0 Å². The molecule has 0 spiro atoms. The summed E-state index contributed by atoms with van der Waals surface area (Å²) in [7, 11) is 0. The van der Waals surface area contributed by atoms with Crippen molar-refractivity contribution >= 4 is 22.6 Å². The van der Waals surface area contributed by atoms with Gasteiger partial charge in [0.05, 0.1) is 18.8 Å². The molecular weight excluding hydrogens is 295 g/mol. The van der Waals surface area contributed by atoms with Crippen LogP contribution >= 0.6 is 22.6 Å². The number of aromatic nitrogens is 2. The van der Waals surface area contributed by atoms with Gasteiger partial charge in [0.2, 0.25) is 0 Å². The molecule has 2 heterocycles. The van der Waals surface area contributed by atoms with Gasteiger partial charge < -0.3 is 4.74 Å². The van der Waals surface area contributed by atoms with Gasteiger partial charge in [-0.05, 0) is 35.4 Å². The van der Waals surface area contributed by atoms with Gasteiger partial charge in [-0.1, -0.05) is 0 Å². The van der Waals surface area contributed by atoms with Crippen LogP contribution in [0.3, 0.4) is 0 Å². The summed E-state index contributed by atoms with van der Waals surface area (Å²) in [6.45, 7) is 1.41.